The summed E-state index contributed by atoms with van der Waals surface area (Å²) in [5, 5.41) is 3.22. The highest BCUT2D eigenvalue weighted by Crippen LogP contribution is 2.50. The van der Waals surface area contributed by atoms with Gasteiger partial charge in [-0.3, -0.25) is 0 Å². The van der Waals surface area contributed by atoms with E-state index in [0.29, 0.717) is 10.7 Å². The first-order chi connectivity index (χ1) is 8.54. The van der Waals surface area contributed by atoms with Gasteiger partial charge in [0.1, 0.15) is 4.88 Å². The minimum atomic E-state index is -2.44. The van der Waals surface area contributed by atoms with E-state index in [-0.39, 0.29) is 10.8 Å². The molecule has 0 aromatic carbocycles. The quantitative estimate of drug-likeness (QED) is 0.811. The minimum absolute atomic E-state index is 0.278. The molecule has 0 bridgehead atoms. The predicted octanol–water partition coefficient (Wildman–Crippen LogP) is 2.67. The monoisotopic (exact) mass is 276 g/mol. The summed E-state index contributed by atoms with van der Waals surface area (Å²) in [5.41, 5.74) is 7.07. The average Bonchev–Trinajstić information content (AvgIpc) is 3.10. The van der Waals surface area contributed by atoms with Crippen molar-refractivity contribution in [3.63, 3.8) is 0 Å². The van der Waals surface area contributed by atoms with Crippen molar-refractivity contribution in [2.24, 2.45) is 0 Å². The van der Waals surface area contributed by atoms with Crippen molar-refractivity contribution < 1.29 is 18.3 Å². The summed E-state index contributed by atoms with van der Waals surface area (Å²) in [4.78, 5) is 11.8. The summed E-state index contributed by atoms with van der Waals surface area (Å²) in [6.45, 7) is -0.444. The lowest BCUT2D eigenvalue weighted by atomic mass is 10.1. The fourth-order valence-electron chi connectivity index (χ4n) is 1.78. The van der Waals surface area contributed by atoms with Gasteiger partial charge in [-0.05, 0) is 18.8 Å². The van der Waals surface area contributed by atoms with Gasteiger partial charge in [-0.25, -0.2) is 13.6 Å². The third kappa shape index (κ3) is 2.55. The Morgan fingerprint density at radius 2 is 2.28 bits per heavy atom. The smallest absolute Gasteiger partial charge is 0.350 e. The summed E-state index contributed by atoms with van der Waals surface area (Å²) in [5.74, 6) is -0.246. The molecule has 0 spiro atoms. The Bertz CT molecular complexity index is 458. The van der Waals surface area contributed by atoms with E-state index in [1.807, 2.05) is 0 Å². The molecule has 0 saturated heterocycles. The summed E-state index contributed by atoms with van der Waals surface area (Å²) in [6.07, 6.45) is -0.488. The fourth-order valence-corrected chi connectivity index (χ4v) is 2.91. The van der Waals surface area contributed by atoms with Crippen LogP contribution in [-0.2, 0) is 4.74 Å². The number of hydrogen-bond donors (Lipinski definition) is 2. The van der Waals surface area contributed by atoms with E-state index in [2.05, 4.69) is 10.1 Å². The average molecular weight is 276 g/mol. The van der Waals surface area contributed by atoms with Crippen LogP contribution in [0.3, 0.4) is 0 Å². The van der Waals surface area contributed by atoms with Gasteiger partial charge in [-0.15, -0.1) is 11.3 Å². The van der Waals surface area contributed by atoms with E-state index >= 15 is 0 Å². The van der Waals surface area contributed by atoms with Crippen LogP contribution in [0.25, 0.3) is 0 Å². The second-order valence-electron chi connectivity index (χ2n) is 4.13. The SMILES string of the molecule is COC(=O)c1sc(NCC(F)F)c(C2CC2)c1N. The zero-order chi connectivity index (χ0) is 13.3. The Labute approximate surface area is 107 Å². The first-order valence-electron chi connectivity index (χ1n) is 5.57. The molecule has 1 aliphatic rings. The summed E-state index contributed by atoms with van der Waals surface area (Å²) in [7, 11) is 1.27. The number of ether oxygens (including phenoxy) is 1. The molecule has 1 saturated carbocycles. The van der Waals surface area contributed by atoms with Crippen LogP contribution in [0.5, 0.6) is 0 Å². The molecule has 1 heterocycles. The van der Waals surface area contributed by atoms with E-state index in [0.717, 1.165) is 29.7 Å². The third-order valence-electron chi connectivity index (χ3n) is 2.76. The maximum absolute atomic E-state index is 12.2. The molecule has 7 heteroatoms. The van der Waals surface area contributed by atoms with Crippen molar-refractivity contribution >= 4 is 28.0 Å². The summed E-state index contributed by atoms with van der Waals surface area (Å²) in [6, 6.07) is 0. The zero-order valence-electron chi connectivity index (χ0n) is 9.83. The van der Waals surface area contributed by atoms with E-state index in [1.54, 1.807) is 0 Å². The standard InChI is InChI=1S/C11H14F2N2O2S/c1-17-11(16)9-8(14)7(5-2-3-5)10(18-9)15-4-6(12)13/h5-6,15H,2-4,14H2,1H3. The van der Waals surface area contributed by atoms with Gasteiger partial charge in [0.15, 0.2) is 0 Å². The predicted molar refractivity (Wildman–Crippen MR) is 66.5 cm³/mol. The molecule has 18 heavy (non-hydrogen) atoms. The number of rotatable bonds is 5. The lowest BCUT2D eigenvalue weighted by molar-refractivity contribution is 0.0607. The number of thiophene rings is 1. The molecule has 1 aromatic heterocycles. The molecule has 0 amide bonds. The Balaban J connectivity index is 2.29. The summed E-state index contributed by atoms with van der Waals surface area (Å²) < 4.78 is 29.1. The van der Waals surface area contributed by atoms with Crippen LogP contribution in [0.1, 0.15) is 34.0 Å². The molecule has 0 radical (unpaired) electrons. The van der Waals surface area contributed by atoms with Crippen LogP contribution in [0, 0.1) is 0 Å². The van der Waals surface area contributed by atoms with E-state index < -0.39 is 18.9 Å². The number of carbonyl (C=O) groups is 1. The second-order valence-corrected chi connectivity index (χ2v) is 5.15. The maximum atomic E-state index is 12.2. The van der Waals surface area contributed by atoms with Gasteiger partial charge in [0.2, 0.25) is 0 Å². The van der Waals surface area contributed by atoms with Gasteiger partial charge in [0.05, 0.1) is 24.3 Å². The molecule has 2 rings (SSSR count). The Morgan fingerprint density at radius 3 is 2.78 bits per heavy atom. The highest BCUT2D eigenvalue weighted by Gasteiger charge is 2.33. The zero-order valence-corrected chi connectivity index (χ0v) is 10.7. The molecule has 1 aliphatic carbocycles. The third-order valence-corrected chi connectivity index (χ3v) is 3.92. The van der Waals surface area contributed by atoms with Crippen LogP contribution in [0.4, 0.5) is 19.5 Å². The molecular formula is C11H14F2N2O2S. The number of methoxy groups -OCH3 is 1. The van der Waals surface area contributed by atoms with E-state index in [4.69, 9.17) is 5.73 Å². The number of nitrogens with two attached hydrogens (primary N) is 1. The molecule has 0 atom stereocenters. The van der Waals surface area contributed by atoms with Crippen molar-refractivity contribution in [1.29, 1.82) is 0 Å². The lowest BCUT2D eigenvalue weighted by Gasteiger charge is -2.06. The Morgan fingerprint density at radius 1 is 1.61 bits per heavy atom. The van der Waals surface area contributed by atoms with Gasteiger partial charge < -0.3 is 15.8 Å². The van der Waals surface area contributed by atoms with Gasteiger partial charge in [-0.1, -0.05) is 0 Å². The van der Waals surface area contributed by atoms with Gasteiger partial charge in [0, 0.05) is 5.56 Å². The van der Waals surface area contributed by atoms with Crippen LogP contribution in [0.15, 0.2) is 0 Å². The van der Waals surface area contributed by atoms with E-state index in [9.17, 15) is 13.6 Å². The molecule has 0 aliphatic heterocycles. The largest absolute Gasteiger partial charge is 0.465 e. The number of carbonyl (C=O) groups excluding carboxylic acids is 1. The van der Waals surface area contributed by atoms with Crippen LogP contribution >= 0.6 is 11.3 Å². The minimum Gasteiger partial charge on any atom is -0.465 e. The Hall–Kier alpha value is -1.37. The van der Waals surface area contributed by atoms with Crippen molar-refractivity contribution in [3.05, 3.63) is 10.4 Å². The van der Waals surface area contributed by atoms with E-state index in [1.165, 1.54) is 7.11 Å². The van der Waals surface area contributed by atoms with Gasteiger partial charge >= 0.3 is 5.97 Å². The molecule has 1 aromatic rings. The molecule has 4 nitrogen and oxygen atoms in total. The number of nitrogen functional groups attached to an aromatic ring is 1. The van der Waals surface area contributed by atoms with Crippen molar-refractivity contribution in [2.75, 3.05) is 24.7 Å². The maximum Gasteiger partial charge on any atom is 0.350 e. The number of nitrogens with one attached hydrogen (secondary N) is 1. The number of halogens is 2. The van der Waals surface area contributed by atoms with Gasteiger partial charge in [0.25, 0.3) is 6.43 Å². The molecule has 0 unspecified atom stereocenters. The Kier molecular flexibility index (Phi) is 3.70. The first-order valence-corrected chi connectivity index (χ1v) is 6.38. The number of anilines is 2. The summed E-state index contributed by atoms with van der Waals surface area (Å²) >= 11 is 1.09. The van der Waals surface area contributed by atoms with Crippen LogP contribution in [-0.4, -0.2) is 26.0 Å². The van der Waals surface area contributed by atoms with Crippen molar-refractivity contribution in [3.8, 4) is 0 Å². The van der Waals surface area contributed by atoms with Crippen LogP contribution in [0.2, 0.25) is 0 Å². The number of esters is 1. The normalized spacial score (nSPS) is 14.9. The number of alkyl halides is 2. The molecule has 1 fully saturated rings. The highest BCUT2D eigenvalue weighted by atomic mass is 32.1. The molecule has 100 valence electrons. The molecule has 3 N–H and O–H groups in total. The highest BCUT2D eigenvalue weighted by molar-refractivity contribution is 7.18. The molecular weight excluding hydrogens is 262 g/mol. The van der Waals surface area contributed by atoms with Crippen molar-refractivity contribution in [2.45, 2.75) is 25.2 Å². The van der Waals surface area contributed by atoms with Gasteiger partial charge in [-0.2, -0.15) is 0 Å². The lowest BCUT2D eigenvalue weighted by Crippen LogP contribution is -2.10. The van der Waals surface area contributed by atoms with Crippen molar-refractivity contribution in [1.82, 2.24) is 0 Å². The second kappa shape index (κ2) is 5.09. The topological polar surface area (TPSA) is 64.3 Å². The van der Waals surface area contributed by atoms with Crippen LogP contribution < -0.4 is 11.1 Å². The fraction of sp³-hybridized carbons (Fsp3) is 0.545. The first kappa shape index (κ1) is 13.1. The number of hydrogen-bond acceptors (Lipinski definition) is 5.